The average molecular weight is 365 g/mol. The smallest absolute Gasteiger partial charge is 0.337 e. The zero-order valence-electron chi connectivity index (χ0n) is 14.4. The minimum atomic E-state index is -0.494. The zero-order valence-corrected chi connectivity index (χ0v) is 14.4. The second-order valence-corrected chi connectivity index (χ2v) is 5.56. The van der Waals surface area contributed by atoms with Crippen LogP contribution in [0.25, 0.3) is 0 Å². The van der Waals surface area contributed by atoms with Crippen LogP contribution in [-0.4, -0.2) is 24.0 Å². The molecule has 0 saturated carbocycles. The minimum Gasteiger partial charge on any atom is -0.465 e. The fourth-order valence-corrected chi connectivity index (χ4v) is 2.39. The fraction of sp³-hybridized carbons (Fsp3) is 0.0500. The van der Waals surface area contributed by atoms with Crippen LogP contribution in [0.15, 0.2) is 66.9 Å². The predicted octanol–water partition coefficient (Wildman–Crippen LogP) is 4.00. The van der Waals surface area contributed by atoms with Crippen molar-refractivity contribution >= 4 is 29.1 Å². The summed E-state index contributed by atoms with van der Waals surface area (Å²) in [7, 11) is 1.29. The molecule has 0 unspecified atom stereocenters. The first kappa shape index (κ1) is 18.1. The van der Waals surface area contributed by atoms with E-state index >= 15 is 0 Å². The van der Waals surface area contributed by atoms with Gasteiger partial charge in [-0.3, -0.25) is 4.79 Å². The lowest BCUT2D eigenvalue weighted by molar-refractivity contribution is 0.0600. The van der Waals surface area contributed by atoms with Crippen LogP contribution >= 0.6 is 0 Å². The number of anilines is 3. The highest BCUT2D eigenvalue weighted by molar-refractivity contribution is 6.05. The van der Waals surface area contributed by atoms with E-state index in [4.69, 9.17) is 0 Å². The number of benzene rings is 2. The first-order chi connectivity index (χ1) is 13.1. The second-order valence-electron chi connectivity index (χ2n) is 5.56. The molecule has 0 atom stereocenters. The van der Waals surface area contributed by atoms with Crippen LogP contribution in [0, 0.1) is 5.82 Å². The van der Waals surface area contributed by atoms with Crippen molar-refractivity contribution in [3.63, 3.8) is 0 Å². The molecule has 3 aromatic rings. The maximum atomic E-state index is 13.7. The van der Waals surface area contributed by atoms with Crippen LogP contribution in [0.3, 0.4) is 0 Å². The summed E-state index contributed by atoms with van der Waals surface area (Å²) in [5.74, 6) is -0.979. The standard InChI is InChI=1S/C20H16FN3O3/c1-27-20(26)14-5-4-6-15(11-14)23-19(25)13-9-10-22-18(12-13)24-17-8-3-2-7-16(17)21/h2-12H,1H3,(H,22,24)(H,23,25). The van der Waals surface area contributed by atoms with E-state index in [1.807, 2.05) is 0 Å². The van der Waals surface area contributed by atoms with Crippen molar-refractivity contribution in [1.82, 2.24) is 4.98 Å². The van der Waals surface area contributed by atoms with Gasteiger partial charge in [-0.2, -0.15) is 0 Å². The number of amides is 1. The third-order valence-corrected chi connectivity index (χ3v) is 3.70. The van der Waals surface area contributed by atoms with Crippen molar-refractivity contribution in [3.8, 4) is 0 Å². The summed E-state index contributed by atoms with van der Waals surface area (Å²) >= 11 is 0. The van der Waals surface area contributed by atoms with E-state index in [2.05, 4.69) is 20.4 Å². The van der Waals surface area contributed by atoms with E-state index in [-0.39, 0.29) is 5.69 Å². The summed E-state index contributed by atoms with van der Waals surface area (Å²) in [5, 5.41) is 5.54. The summed E-state index contributed by atoms with van der Waals surface area (Å²) in [6.07, 6.45) is 1.45. The first-order valence-electron chi connectivity index (χ1n) is 8.04. The molecule has 136 valence electrons. The SMILES string of the molecule is COC(=O)c1cccc(NC(=O)c2ccnc(Nc3ccccc3F)c2)c1. The Hall–Kier alpha value is -3.74. The second kappa shape index (κ2) is 8.09. The lowest BCUT2D eigenvalue weighted by atomic mass is 10.2. The summed E-state index contributed by atoms with van der Waals surface area (Å²) < 4.78 is 18.4. The number of ether oxygens (including phenoxy) is 1. The number of nitrogens with one attached hydrogen (secondary N) is 2. The molecule has 1 heterocycles. The summed E-state index contributed by atoms with van der Waals surface area (Å²) in [4.78, 5) is 28.2. The van der Waals surface area contributed by atoms with Gasteiger partial charge in [0.15, 0.2) is 0 Å². The van der Waals surface area contributed by atoms with Crippen LogP contribution in [0.1, 0.15) is 20.7 Å². The van der Waals surface area contributed by atoms with Crippen molar-refractivity contribution in [2.45, 2.75) is 0 Å². The molecule has 0 aliphatic heterocycles. The fourth-order valence-electron chi connectivity index (χ4n) is 2.39. The van der Waals surface area contributed by atoms with Gasteiger partial charge in [0.2, 0.25) is 0 Å². The molecular weight excluding hydrogens is 349 g/mol. The molecule has 0 spiro atoms. The molecule has 0 bridgehead atoms. The van der Waals surface area contributed by atoms with Gasteiger partial charge in [-0.1, -0.05) is 18.2 Å². The Morgan fingerprint density at radius 1 is 1.00 bits per heavy atom. The van der Waals surface area contributed by atoms with E-state index in [1.165, 1.54) is 37.6 Å². The highest BCUT2D eigenvalue weighted by Gasteiger charge is 2.11. The van der Waals surface area contributed by atoms with E-state index in [0.29, 0.717) is 22.6 Å². The van der Waals surface area contributed by atoms with Crippen molar-refractivity contribution in [2.75, 3.05) is 17.7 Å². The molecule has 0 saturated heterocycles. The minimum absolute atomic E-state index is 0.258. The number of aromatic nitrogens is 1. The normalized spacial score (nSPS) is 10.1. The largest absolute Gasteiger partial charge is 0.465 e. The lowest BCUT2D eigenvalue weighted by Gasteiger charge is -2.09. The molecule has 1 aromatic heterocycles. The van der Waals surface area contributed by atoms with E-state index in [1.54, 1.807) is 36.4 Å². The topological polar surface area (TPSA) is 80.3 Å². The van der Waals surface area contributed by atoms with Crippen molar-refractivity contribution < 1.29 is 18.7 Å². The number of hydrogen-bond donors (Lipinski definition) is 2. The van der Waals surface area contributed by atoms with Gasteiger partial charge in [-0.25, -0.2) is 14.2 Å². The van der Waals surface area contributed by atoms with Crippen LogP contribution < -0.4 is 10.6 Å². The third kappa shape index (κ3) is 4.46. The molecule has 7 heteroatoms. The average Bonchev–Trinajstić information content (AvgIpc) is 2.69. The zero-order chi connectivity index (χ0) is 19.2. The monoisotopic (exact) mass is 365 g/mol. The Bertz CT molecular complexity index is 991. The number of carbonyl (C=O) groups is 2. The van der Waals surface area contributed by atoms with Crippen LogP contribution in [0.4, 0.5) is 21.6 Å². The number of halogens is 1. The van der Waals surface area contributed by atoms with Gasteiger partial charge < -0.3 is 15.4 Å². The van der Waals surface area contributed by atoms with E-state index in [0.717, 1.165) is 0 Å². The van der Waals surface area contributed by atoms with Crippen LogP contribution in [-0.2, 0) is 4.74 Å². The molecule has 0 radical (unpaired) electrons. The first-order valence-corrected chi connectivity index (χ1v) is 8.04. The lowest BCUT2D eigenvalue weighted by Crippen LogP contribution is -2.13. The van der Waals surface area contributed by atoms with Gasteiger partial charge in [0.1, 0.15) is 11.6 Å². The molecule has 1 amide bonds. The maximum absolute atomic E-state index is 13.7. The third-order valence-electron chi connectivity index (χ3n) is 3.70. The number of para-hydroxylation sites is 1. The van der Waals surface area contributed by atoms with Gasteiger partial charge in [-0.05, 0) is 42.5 Å². The number of pyridine rings is 1. The molecule has 27 heavy (non-hydrogen) atoms. The van der Waals surface area contributed by atoms with Gasteiger partial charge in [0.25, 0.3) is 5.91 Å². The highest BCUT2D eigenvalue weighted by atomic mass is 19.1. The summed E-state index contributed by atoms with van der Waals surface area (Å²) in [5.41, 5.74) is 1.36. The van der Waals surface area contributed by atoms with Gasteiger partial charge in [-0.15, -0.1) is 0 Å². The summed E-state index contributed by atoms with van der Waals surface area (Å²) in [6, 6.07) is 15.6. The highest BCUT2D eigenvalue weighted by Crippen LogP contribution is 2.19. The molecular formula is C20H16FN3O3. The number of rotatable bonds is 5. The number of nitrogens with zero attached hydrogens (tertiary/aromatic N) is 1. The molecule has 3 rings (SSSR count). The van der Waals surface area contributed by atoms with Crippen LogP contribution in [0.5, 0.6) is 0 Å². The number of hydrogen-bond acceptors (Lipinski definition) is 5. The van der Waals surface area contributed by atoms with E-state index < -0.39 is 17.7 Å². The van der Waals surface area contributed by atoms with Crippen molar-refractivity contribution in [2.24, 2.45) is 0 Å². The molecule has 2 aromatic carbocycles. The van der Waals surface area contributed by atoms with Gasteiger partial charge >= 0.3 is 5.97 Å². The van der Waals surface area contributed by atoms with Gasteiger partial charge in [0.05, 0.1) is 18.4 Å². The number of methoxy groups -OCH3 is 1. The maximum Gasteiger partial charge on any atom is 0.337 e. The Morgan fingerprint density at radius 3 is 2.59 bits per heavy atom. The quantitative estimate of drug-likeness (QED) is 0.668. The molecule has 6 nitrogen and oxygen atoms in total. The van der Waals surface area contributed by atoms with E-state index in [9.17, 15) is 14.0 Å². The Kier molecular flexibility index (Phi) is 5.41. The molecule has 2 N–H and O–H groups in total. The molecule has 0 fully saturated rings. The van der Waals surface area contributed by atoms with Crippen molar-refractivity contribution in [1.29, 1.82) is 0 Å². The number of esters is 1. The Morgan fingerprint density at radius 2 is 1.81 bits per heavy atom. The van der Waals surface area contributed by atoms with Crippen molar-refractivity contribution in [3.05, 3.63) is 83.8 Å². The molecule has 0 aliphatic carbocycles. The van der Waals surface area contributed by atoms with Crippen LogP contribution in [0.2, 0.25) is 0 Å². The van der Waals surface area contributed by atoms with Gasteiger partial charge in [0, 0.05) is 17.4 Å². The summed E-state index contributed by atoms with van der Waals surface area (Å²) in [6.45, 7) is 0. The predicted molar refractivity (Wildman–Crippen MR) is 99.7 cm³/mol. The Balaban J connectivity index is 1.76. The Labute approximate surface area is 155 Å². The molecule has 0 aliphatic rings. The number of carbonyl (C=O) groups excluding carboxylic acids is 2.